The molecule has 1 heterocycles. The monoisotopic (exact) mass is 322 g/mol. The molecule has 2 aromatic carbocycles. The van der Waals surface area contributed by atoms with Crippen LogP contribution in [0, 0.1) is 19.8 Å². The molecule has 4 heteroatoms. The summed E-state index contributed by atoms with van der Waals surface area (Å²) in [7, 11) is 0. The summed E-state index contributed by atoms with van der Waals surface area (Å²) < 4.78 is 0. The van der Waals surface area contributed by atoms with Gasteiger partial charge in [-0.3, -0.25) is 9.59 Å². The summed E-state index contributed by atoms with van der Waals surface area (Å²) >= 11 is 0. The van der Waals surface area contributed by atoms with Gasteiger partial charge in [0.05, 0.1) is 0 Å². The molecule has 1 aliphatic rings. The number of aryl methyl sites for hydroxylation is 2. The highest BCUT2D eigenvalue weighted by molar-refractivity contribution is 5.96. The number of carbonyl (C=O) groups is 2. The van der Waals surface area contributed by atoms with E-state index in [2.05, 4.69) is 10.6 Å². The third kappa shape index (κ3) is 3.65. The molecule has 2 aromatic rings. The Bertz CT molecular complexity index is 783. The zero-order valence-corrected chi connectivity index (χ0v) is 14.1. The minimum absolute atomic E-state index is 0.00763. The van der Waals surface area contributed by atoms with E-state index in [9.17, 15) is 9.59 Å². The number of benzene rings is 2. The molecule has 1 unspecified atom stereocenters. The van der Waals surface area contributed by atoms with Gasteiger partial charge in [0.25, 0.3) is 0 Å². The molecule has 0 saturated carbocycles. The van der Waals surface area contributed by atoms with Crippen LogP contribution in [0.1, 0.15) is 29.5 Å². The summed E-state index contributed by atoms with van der Waals surface area (Å²) in [6, 6.07) is 13.8. The van der Waals surface area contributed by atoms with Gasteiger partial charge in [0, 0.05) is 23.7 Å². The molecule has 0 spiro atoms. The van der Waals surface area contributed by atoms with Crippen LogP contribution in [0.4, 0.5) is 11.4 Å². The average molecular weight is 322 g/mol. The van der Waals surface area contributed by atoms with E-state index in [0.717, 1.165) is 28.1 Å². The summed E-state index contributed by atoms with van der Waals surface area (Å²) in [4.78, 5) is 24.4. The van der Waals surface area contributed by atoms with Gasteiger partial charge >= 0.3 is 0 Å². The van der Waals surface area contributed by atoms with Crippen LogP contribution >= 0.6 is 0 Å². The molecular formula is C20H22N2O2. The average Bonchev–Trinajstić information content (AvgIpc) is 2.56. The van der Waals surface area contributed by atoms with Crippen molar-refractivity contribution >= 4 is 23.2 Å². The van der Waals surface area contributed by atoms with E-state index < -0.39 is 0 Å². The molecule has 0 aromatic heterocycles. The molecule has 1 atom stereocenters. The maximum atomic E-state index is 12.2. The number of anilines is 2. The van der Waals surface area contributed by atoms with Crippen molar-refractivity contribution in [2.45, 2.75) is 33.1 Å². The molecular weight excluding hydrogens is 300 g/mol. The first-order valence-corrected chi connectivity index (χ1v) is 8.29. The summed E-state index contributed by atoms with van der Waals surface area (Å²) in [5.74, 6) is -0.187. The largest absolute Gasteiger partial charge is 0.326 e. The van der Waals surface area contributed by atoms with Gasteiger partial charge in [0.15, 0.2) is 0 Å². The number of hydrogen-bond acceptors (Lipinski definition) is 2. The second-order valence-corrected chi connectivity index (χ2v) is 6.45. The van der Waals surface area contributed by atoms with E-state index in [1.54, 1.807) is 0 Å². The van der Waals surface area contributed by atoms with Gasteiger partial charge in [-0.15, -0.1) is 0 Å². The van der Waals surface area contributed by atoms with Gasteiger partial charge in [-0.1, -0.05) is 30.3 Å². The molecule has 1 aliphatic heterocycles. The number of nitrogens with one attached hydrogen (secondary N) is 2. The number of para-hydroxylation sites is 1. The van der Waals surface area contributed by atoms with Crippen molar-refractivity contribution in [2.24, 2.45) is 5.92 Å². The van der Waals surface area contributed by atoms with Gasteiger partial charge in [-0.05, 0) is 55.5 Å². The van der Waals surface area contributed by atoms with Crippen LogP contribution in [0.15, 0.2) is 42.5 Å². The molecule has 124 valence electrons. The molecule has 0 fully saturated rings. The number of hydrogen-bond donors (Lipinski definition) is 2. The van der Waals surface area contributed by atoms with E-state index in [-0.39, 0.29) is 17.7 Å². The van der Waals surface area contributed by atoms with Crippen LogP contribution in [0.25, 0.3) is 0 Å². The van der Waals surface area contributed by atoms with Crippen LogP contribution < -0.4 is 10.6 Å². The molecule has 0 aliphatic carbocycles. The van der Waals surface area contributed by atoms with Crippen molar-refractivity contribution in [1.82, 2.24) is 0 Å². The molecule has 24 heavy (non-hydrogen) atoms. The second kappa shape index (κ2) is 6.87. The van der Waals surface area contributed by atoms with Crippen LogP contribution in [-0.4, -0.2) is 11.8 Å². The lowest BCUT2D eigenvalue weighted by Gasteiger charge is -2.24. The Hall–Kier alpha value is -2.62. The van der Waals surface area contributed by atoms with Crippen molar-refractivity contribution in [3.05, 3.63) is 59.2 Å². The van der Waals surface area contributed by atoms with Crippen LogP contribution in [0.2, 0.25) is 0 Å². The fourth-order valence-corrected chi connectivity index (χ4v) is 3.03. The summed E-state index contributed by atoms with van der Waals surface area (Å²) in [5, 5.41) is 5.88. The molecule has 0 bridgehead atoms. The predicted octanol–water partition coefficient (Wildman–Crippen LogP) is 3.83. The van der Waals surface area contributed by atoms with E-state index in [1.165, 1.54) is 0 Å². The Morgan fingerprint density at radius 3 is 2.83 bits per heavy atom. The van der Waals surface area contributed by atoms with Gasteiger partial charge in [-0.25, -0.2) is 0 Å². The number of carbonyl (C=O) groups excluding carboxylic acids is 2. The maximum absolute atomic E-state index is 12.2. The van der Waals surface area contributed by atoms with E-state index in [0.29, 0.717) is 19.3 Å². The minimum Gasteiger partial charge on any atom is -0.326 e. The van der Waals surface area contributed by atoms with E-state index >= 15 is 0 Å². The van der Waals surface area contributed by atoms with Crippen molar-refractivity contribution in [2.75, 3.05) is 10.6 Å². The Kier molecular flexibility index (Phi) is 4.65. The highest BCUT2D eigenvalue weighted by Crippen LogP contribution is 2.27. The maximum Gasteiger partial charge on any atom is 0.227 e. The summed E-state index contributed by atoms with van der Waals surface area (Å²) in [5.41, 5.74) is 5.02. The lowest BCUT2D eigenvalue weighted by atomic mass is 9.89. The summed E-state index contributed by atoms with van der Waals surface area (Å²) in [6.07, 6.45) is 1.59. The third-order valence-electron chi connectivity index (χ3n) is 4.50. The molecule has 0 radical (unpaired) electrons. The minimum atomic E-state index is -0.149. The van der Waals surface area contributed by atoms with E-state index in [4.69, 9.17) is 0 Å². The molecule has 2 N–H and O–H groups in total. The van der Waals surface area contributed by atoms with Gasteiger partial charge in [-0.2, -0.15) is 0 Å². The number of rotatable bonds is 4. The first-order valence-electron chi connectivity index (χ1n) is 8.29. The standard InChI is InChI=1S/C20H22N2O2/c1-13-7-8-14(2)18(11-13)21-19(23)10-9-16-12-15-5-3-4-6-17(15)22-20(16)24/h3-8,11,16H,9-10,12H2,1-2H3,(H,21,23)(H,22,24). The topological polar surface area (TPSA) is 58.2 Å². The third-order valence-corrected chi connectivity index (χ3v) is 4.50. The molecule has 2 amide bonds. The Morgan fingerprint density at radius 1 is 1.21 bits per heavy atom. The van der Waals surface area contributed by atoms with E-state index in [1.807, 2.05) is 56.3 Å². The highest BCUT2D eigenvalue weighted by atomic mass is 16.2. The first-order chi connectivity index (χ1) is 11.5. The van der Waals surface area contributed by atoms with Gasteiger partial charge < -0.3 is 10.6 Å². The van der Waals surface area contributed by atoms with Gasteiger partial charge in [0.1, 0.15) is 0 Å². The smallest absolute Gasteiger partial charge is 0.227 e. The first kappa shape index (κ1) is 16.2. The normalized spacial score (nSPS) is 16.2. The fourth-order valence-electron chi connectivity index (χ4n) is 3.03. The zero-order chi connectivity index (χ0) is 17.1. The number of amides is 2. The Labute approximate surface area is 142 Å². The fraction of sp³-hybridized carbons (Fsp3) is 0.300. The Balaban J connectivity index is 1.59. The zero-order valence-electron chi connectivity index (χ0n) is 14.1. The van der Waals surface area contributed by atoms with Crippen LogP contribution in [0.5, 0.6) is 0 Å². The quantitative estimate of drug-likeness (QED) is 0.898. The highest BCUT2D eigenvalue weighted by Gasteiger charge is 2.26. The van der Waals surface area contributed by atoms with Crippen molar-refractivity contribution in [3.63, 3.8) is 0 Å². The molecule has 0 saturated heterocycles. The second-order valence-electron chi connectivity index (χ2n) is 6.45. The van der Waals surface area contributed by atoms with Crippen LogP contribution in [-0.2, 0) is 16.0 Å². The molecule has 3 rings (SSSR count). The predicted molar refractivity (Wildman–Crippen MR) is 96.0 cm³/mol. The molecule has 4 nitrogen and oxygen atoms in total. The summed E-state index contributed by atoms with van der Waals surface area (Å²) in [6.45, 7) is 3.97. The number of fused-ring (bicyclic) bond motifs is 1. The lowest BCUT2D eigenvalue weighted by Crippen LogP contribution is -2.30. The lowest BCUT2D eigenvalue weighted by molar-refractivity contribution is -0.121. The van der Waals surface area contributed by atoms with Gasteiger partial charge in [0.2, 0.25) is 11.8 Å². The SMILES string of the molecule is Cc1ccc(C)c(NC(=O)CCC2Cc3ccccc3NC2=O)c1. The Morgan fingerprint density at radius 2 is 2.00 bits per heavy atom. The van der Waals surface area contributed by atoms with Crippen molar-refractivity contribution < 1.29 is 9.59 Å². The van der Waals surface area contributed by atoms with Crippen molar-refractivity contribution in [1.29, 1.82) is 0 Å². The van der Waals surface area contributed by atoms with Crippen LogP contribution in [0.3, 0.4) is 0 Å². The van der Waals surface area contributed by atoms with Crippen molar-refractivity contribution in [3.8, 4) is 0 Å².